The van der Waals surface area contributed by atoms with Gasteiger partial charge in [0.2, 0.25) is 0 Å². The molecular weight excluding hydrogens is 408 g/mol. The molecule has 3 aliphatic heterocycles. The minimum Gasteiger partial charge on any atom is -0.466 e. The molecule has 0 atom stereocenters. The number of nitrogens with zero attached hydrogens (tertiary/aromatic N) is 6. The van der Waals surface area contributed by atoms with Gasteiger partial charge in [0, 0.05) is 64.7 Å². The molecule has 2 amide bonds. The molecule has 0 saturated carbocycles. The number of rotatable bonds is 7. The highest BCUT2D eigenvalue weighted by atomic mass is 16.5. The maximum atomic E-state index is 13.2. The second kappa shape index (κ2) is 10.6. The summed E-state index contributed by atoms with van der Waals surface area (Å²) < 4.78 is 5.02. The molecule has 2 saturated heterocycles. The van der Waals surface area contributed by atoms with Crippen LogP contribution in [0.2, 0.25) is 0 Å². The molecule has 0 unspecified atom stereocenters. The van der Waals surface area contributed by atoms with Crippen molar-refractivity contribution < 1.29 is 14.3 Å². The number of piperidine rings is 1. The molecule has 1 aromatic heterocycles. The fourth-order valence-electron chi connectivity index (χ4n) is 4.98. The zero-order valence-corrected chi connectivity index (χ0v) is 19.5. The van der Waals surface area contributed by atoms with Crippen LogP contribution in [0.25, 0.3) is 0 Å². The van der Waals surface area contributed by atoms with Crippen LogP contribution in [-0.4, -0.2) is 102 Å². The number of anilines is 1. The summed E-state index contributed by atoms with van der Waals surface area (Å²) in [6.07, 6.45) is 5.89. The molecule has 0 spiro atoms. The quantitative estimate of drug-likeness (QED) is 0.590. The van der Waals surface area contributed by atoms with E-state index in [1.54, 1.807) is 11.1 Å². The van der Waals surface area contributed by atoms with Gasteiger partial charge in [-0.2, -0.15) is 0 Å². The van der Waals surface area contributed by atoms with Crippen molar-refractivity contribution in [3.8, 4) is 0 Å². The average molecular weight is 445 g/mol. The van der Waals surface area contributed by atoms with Crippen molar-refractivity contribution in [3.63, 3.8) is 0 Å². The predicted octanol–water partition coefficient (Wildman–Crippen LogP) is 1.56. The summed E-state index contributed by atoms with van der Waals surface area (Å²) in [5.74, 6) is 0.553. The average Bonchev–Trinajstić information content (AvgIpc) is 3.07. The van der Waals surface area contributed by atoms with Crippen molar-refractivity contribution >= 4 is 17.8 Å². The van der Waals surface area contributed by atoms with Crippen LogP contribution in [0.3, 0.4) is 0 Å². The largest absolute Gasteiger partial charge is 0.466 e. The first-order valence-corrected chi connectivity index (χ1v) is 12.1. The van der Waals surface area contributed by atoms with E-state index < -0.39 is 0 Å². The van der Waals surface area contributed by atoms with Crippen molar-refractivity contribution in [2.75, 3.05) is 63.9 Å². The van der Waals surface area contributed by atoms with E-state index in [4.69, 9.17) is 9.72 Å². The third-order valence-electron chi connectivity index (χ3n) is 6.95. The number of fused-ring (bicyclic) bond motifs is 1. The molecule has 9 nitrogen and oxygen atoms in total. The molecule has 0 N–H and O–H groups in total. The van der Waals surface area contributed by atoms with Crippen LogP contribution in [0.15, 0.2) is 6.20 Å². The molecule has 0 aliphatic carbocycles. The fraction of sp³-hybridized carbons (Fsp3) is 0.739. The van der Waals surface area contributed by atoms with Crippen molar-refractivity contribution in [1.29, 1.82) is 0 Å². The number of esters is 1. The first-order chi connectivity index (χ1) is 15.6. The summed E-state index contributed by atoms with van der Waals surface area (Å²) in [5, 5.41) is 0. The van der Waals surface area contributed by atoms with E-state index in [0.29, 0.717) is 25.4 Å². The molecule has 0 aromatic carbocycles. The lowest BCUT2D eigenvalue weighted by Gasteiger charge is -2.36. The maximum Gasteiger partial charge on any atom is 0.326 e. The SMILES string of the molecule is CCOC(=O)CCN1CCC(N2CCN(c3cnc4c(n3)CCN(CC)CC4)C2=O)CC1. The number of carbonyl (C=O) groups excluding carboxylic acids is 2. The Kier molecular flexibility index (Phi) is 7.57. The second-order valence-corrected chi connectivity index (χ2v) is 8.81. The number of likely N-dealkylation sites (tertiary alicyclic amines) is 1. The van der Waals surface area contributed by atoms with Crippen molar-refractivity contribution in [3.05, 3.63) is 17.6 Å². The third kappa shape index (κ3) is 5.20. The van der Waals surface area contributed by atoms with Crippen LogP contribution < -0.4 is 4.90 Å². The summed E-state index contributed by atoms with van der Waals surface area (Å²) in [5.41, 5.74) is 2.11. The van der Waals surface area contributed by atoms with Crippen LogP contribution >= 0.6 is 0 Å². The van der Waals surface area contributed by atoms with Crippen LogP contribution in [0.1, 0.15) is 44.5 Å². The minimum atomic E-state index is -0.135. The van der Waals surface area contributed by atoms with Crippen molar-refractivity contribution in [2.45, 2.75) is 52.0 Å². The van der Waals surface area contributed by atoms with Crippen LogP contribution in [0.5, 0.6) is 0 Å². The number of urea groups is 1. The molecule has 176 valence electrons. The highest BCUT2D eigenvalue weighted by molar-refractivity contribution is 5.93. The van der Waals surface area contributed by atoms with Crippen LogP contribution in [0.4, 0.5) is 10.6 Å². The lowest BCUT2D eigenvalue weighted by molar-refractivity contribution is -0.143. The summed E-state index contributed by atoms with van der Waals surface area (Å²) in [4.78, 5) is 42.9. The molecule has 2 fully saturated rings. The van der Waals surface area contributed by atoms with E-state index in [-0.39, 0.29) is 18.0 Å². The summed E-state index contributed by atoms with van der Waals surface area (Å²) in [7, 11) is 0. The van der Waals surface area contributed by atoms with Crippen LogP contribution in [0, 0.1) is 0 Å². The summed E-state index contributed by atoms with van der Waals surface area (Å²) in [6.45, 7) is 11.4. The summed E-state index contributed by atoms with van der Waals surface area (Å²) >= 11 is 0. The third-order valence-corrected chi connectivity index (χ3v) is 6.95. The number of hydrogen-bond acceptors (Lipinski definition) is 7. The van der Waals surface area contributed by atoms with Crippen molar-refractivity contribution in [2.24, 2.45) is 0 Å². The highest BCUT2D eigenvalue weighted by Gasteiger charge is 2.37. The van der Waals surface area contributed by atoms with Crippen LogP contribution in [-0.2, 0) is 22.4 Å². The van der Waals surface area contributed by atoms with Gasteiger partial charge in [-0.05, 0) is 26.3 Å². The fourth-order valence-corrected chi connectivity index (χ4v) is 4.98. The Hall–Kier alpha value is -2.26. The molecule has 9 heteroatoms. The first kappa shape index (κ1) is 22.9. The maximum absolute atomic E-state index is 13.2. The topological polar surface area (TPSA) is 82.1 Å². The Balaban J connectivity index is 1.31. The van der Waals surface area contributed by atoms with E-state index in [0.717, 1.165) is 82.9 Å². The summed E-state index contributed by atoms with van der Waals surface area (Å²) in [6, 6.07) is 0.297. The van der Waals surface area contributed by atoms with E-state index in [9.17, 15) is 9.59 Å². The van der Waals surface area contributed by atoms with E-state index in [2.05, 4.69) is 21.7 Å². The Morgan fingerprint density at radius 1 is 1.03 bits per heavy atom. The lowest BCUT2D eigenvalue weighted by Crippen LogP contribution is -2.47. The molecule has 32 heavy (non-hydrogen) atoms. The first-order valence-electron chi connectivity index (χ1n) is 12.1. The van der Waals surface area contributed by atoms with Gasteiger partial charge in [0.05, 0.1) is 30.6 Å². The van der Waals surface area contributed by atoms with Gasteiger partial charge in [0.1, 0.15) is 0 Å². The second-order valence-electron chi connectivity index (χ2n) is 8.81. The highest BCUT2D eigenvalue weighted by Crippen LogP contribution is 2.25. The monoisotopic (exact) mass is 444 g/mol. The molecular formula is C23H36N6O3. The van der Waals surface area contributed by atoms with Gasteiger partial charge in [-0.15, -0.1) is 0 Å². The van der Waals surface area contributed by atoms with Crippen molar-refractivity contribution in [1.82, 2.24) is 24.7 Å². The Morgan fingerprint density at radius 3 is 2.50 bits per heavy atom. The molecule has 3 aliphatic rings. The van der Waals surface area contributed by atoms with E-state index in [1.165, 1.54) is 0 Å². The van der Waals surface area contributed by atoms with E-state index in [1.807, 2.05) is 11.8 Å². The van der Waals surface area contributed by atoms with Gasteiger partial charge in [-0.1, -0.05) is 6.92 Å². The number of amides is 2. The molecule has 0 radical (unpaired) electrons. The normalized spacial score (nSPS) is 21.0. The molecule has 4 heterocycles. The predicted molar refractivity (Wildman–Crippen MR) is 122 cm³/mol. The number of likely N-dealkylation sites (N-methyl/N-ethyl adjacent to an activating group) is 1. The number of hydrogen-bond donors (Lipinski definition) is 0. The number of aromatic nitrogens is 2. The number of carbonyl (C=O) groups is 2. The molecule has 0 bridgehead atoms. The minimum absolute atomic E-state index is 0.0491. The van der Waals surface area contributed by atoms with Gasteiger partial charge >= 0.3 is 12.0 Å². The Morgan fingerprint density at radius 2 is 1.78 bits per heavy atom. The lowest BCUT2D eigenvalue weighted by atomic mass is 10.0. The van der Waals surface area contributed by atoms with Gasteiger partial charge in [0.25, 0.3) is 0 Å². The van der Waals surface area contributed by atoms with Gasteiger partial charge in [-0.3, -0.25) is 14.7 Å². The van der Waals surface area contributed by atoms with Gasteiger partial charge in [-0.25, -0.2) is 9.78 Å². The standard InChI is InChI=1S/C23H36N6O3/c1-3-26-12-7-19-20(8-13-26)25-21(17-24-19)29-16-15-28(23(29)31)18-5-10-27(11-6-18)14-9-22(30)32-4-2/h17-18H,3-16H2,1-2H3. The van der Waals surface area contributed by atoms with Gasteiger partial charge < -0.3 is 19.4 Å². The zero-order chi connectivity index (χ0) is 22.5. The van der Waals surface area contributed by atoms with Gasteiger partial charge in [0.15, 0.2) is 5.82 Å². The molecule has 4 rings (SSSR count). The van der Waals surface area contributed by atoms with E-state index >= 15 is 0 Å². The Bertz CT molecular complexity index is 811. The Labute approximate surface area is 190 Å². The zero-order valence-electron chi connectivity index (χ0n) is 19.5. The number of ether oxygens (including phenoxy) is 1. The molecule has 1 aromatic rings. The smallest absolute Gasteiger partial charge is 0.326 e.